The molecular formula is C12H12ClF2N3S. The number of rotatable bonds is 5. The van der Waals surface area contributed by atoms with Crippen molar-refractivity contribution in [2.75, 3.05) is 6.54 Å². The van der Waals surface area contributed by atoms with Gasteiger partial charge in [-0.15, -0.1) is 5.10 Å². The first-order chi connectivity index (χ1) is 9.11. The molecular weight excluding hydrogens is 292 g/mol. The van der Waals surface area contributed by atoms with Gasteiger partial charge in [-0.1, -0.05) is 29.1 Å². The molecule has 0 amide bonds. The second-order valence-electron chi connectivity index (χ2n) is 4.00. The molecule has 0 aliphatic heterocycles. The third kappa shape index (κ3) is 3.46. The predicted octanol–water partition coefficient (Wildman–Crippen LogP) is 3.49. The number of nitrogens with zero attached hydrogens (tertiary/aromatic N) is 3. The topological polar surface area (TPSA) is 29.0 Å². The van der Waals surface area contributed by atoms with Gasteiger partial charge < -0.3 is 0 Å². The van der Waals surface area contributed by atoms with Crippen LogP contribution in [-0.4, -0.2) is 21.0 Å². The van der Waals surface area contributed by atoms with Crippen LogP contribution in [0.3, 0.4) is 0 Å². The number of benzene rings is 1. The Labute approximate surface area is 119 Å². The average molecular weight is 304 g/mol. The highest BCUT2D eigenvalue weighted by Crippen LogP contribution is 2.21. The van der Waals surface area contributed by atoms with Crippen molar-refractivity contribution in [3.8, 4) is 0 Å². The van der Waals surface area contributed by atoms with Gasteiger partial charge in [-0.2, -0.15) is 0 Å². The minimum Gasteiger partial charge on any atom is -0.293 e. The van der Waals surface area contributed by atoms with Gasteiger partial charge in [0.15, 0.2) is 0 Å². The Morgan fingerprint density at radius 2 is 1.95 bits per heavy atom. The van der Waals surface area contributed by atoms with E-state index in [-0.39, 0.29) is 12.1 Å². The second kappa shape index (κ2) is 6.36. The first-order valence-electron chi connectivity index (χ1n) is 5.73. The summed E-state index contributed by atoms with van der Waals surface area (Å²) in [5, 5.41) is 3.90. The quantitative estimate of drug-likeness (QED) is 0.846. The van der Waals surface area contributed by atoms with Gasteiger partial charge in [-0.25, -0.2) is 8.78 Å². The molecule has 7 heteroatoms. The first kappa shape index (κ1) is 14.3. The maximum atomic E-state index is 13.6. The van der Waals surface area contributed by atoms with Gasteiger partial charge in [0.1, 0.15) is 21.7 Å². The monoisotopic (exact) mass is 303 g/mol. The summed E-state index contributed by atoms with van der Waals surface area (Å²) in [6, 6.07) is 3.86. The third-order valence-corrected chi connectivity index (χ3v) is 3.76. The summed E-state index contributed by atoms with van der Waals surface area (Å²) in [7, 11) is 0. The normalized spacial score (nSPS) is 11.2. The van der Waals surface area contributed by atoms with Crippen LogP contribution in [0, 0.1) is 11.6 Å². The zero-order valence-corrected chi connectivity index (χ0v) is 11.8. The van der Waals surface area contributed by atoms with Crippen LogP contribution in [0.4, 0.5) is 8.78 Å². The van der Waals surface area contributed by atoms with Crippen molar-refractivity contribution in [1.82, 2.24) is 14.5 Å². The Morgan fingerprint density at radius 1 is 1.26 bits per heavy atom. The SMILES string of the molecule is CCN(Cc1nnsc1Cl)Cc1c(F)cccc1F. The third-order valence-electron chi connectivity index (χ3n) is 2.77. The molecule has 0 N–H and O–H groups in total. The van der Waals surface area contributed by atoms with Crippen LogP contribution in [-0.2, 0) is 13.1 Å². The van der Waals surface area contributed by atoms with Crippen LogP contribution in [0.5, 0.6) is 0 Å². The molecule has 1 heterocycles. The smallest absolute Gasteiger partial charge is 0.138 e. The number of aromatic nitrogens is 2. The van der Waals surface area contributed by atoms with Crippen molar-refractivity contribution in [3.63, 3.8) is 0 Å². The minimum atomic E-state index is -0.541. The Kier molecular flexibility index (Phi) is 4.79. The lowest BCUT2D eigenvalue weighted by Gasteiger charge is -2.19. The van der Waals surface area contributed by atoms with Crippen LogP contribution in [0.25, 0.3) is 0 Å². The largest absolute Gasteiger partial charge is 0.293 e. The fourth-order valence-corrected chi connectivity index (χ4v) is 2.30. The Balaban J connectivity index is 2.13. The molecule has 0 aliphatic carbocycles. The van der Waals surface area contributed by atoms with Crippen molar-refractivity contribution >= 4 is 23.1 Å². The number of halogens is 3. The molecule has 0 fully saturated rings. The molecule has 3 nitrogen and oxygen atoms in total. The van der Waals surface area contributed by atoms with E-state index in [0.717, 1.165) is 11.5 Å². The fourth-order valence-electron chi connectivity index (χ4n) is 1.69. The van der Waals surface area contributed by atoms with E-state index < -0.39 is 11.6 Å². The minimum absolute atomic E-state index is 0.0589. The summed E-state index contributed by atoms with van der Waals surface area (Å²) in [6.45, 7) is 3.12. The van der Waals surface area contributed by atoms with Gasteiger partial charge in [-0.05, 0) is 18.7 Å². The van der Waals surface area contributed by atoms with Crippen LogP contribution < -0.4 is 0 Å². The molecule has 1 aromatic heterocycles. The zero-order chi connectivity index (χ0) is 13.8. The van der Waals surface area contributed by atoms with Crippen molar-refractivity contribution in [1.29, 1.82) is 0 Å². The molecule has 2 rings (SSSR count). The molecule has 0 radical (unpaired) electrons. The summed E-state index contributed by atoms with van der Waals surface area (Å²) >= 11 is 7.02. The van der Waals surface area contributed by atoms with Crippen molar-refractivity contribution in [2.45, 2.75) is 20.0 Å². The van der Waals surface area contributed by atoms with E-state index in [1.165, 1.54) is 18.2 Å². The van der Waals surface area contributed by atoms with Crippen molar-refractivity contribution < 1.29 is 8.78 Å². The highest BCUT2D eigenvalue weighted by molar-refractivity contribution is 7.10. The van der Waals surface area contributed by atoms with Gasteiger partial charge in [0.05, 0.1) is 0 Å². The first-order valence-corrected chi connectivity index (χ1v) is 6.89. The average Bonchev–Trinajstić information content (AvgIpc) is 2.78. The van der Waals surface area contributed by atoms with E-state index in [1.807, 2.05) is 11.8 Å². The van der Waals surface area contributed by atoms with Gasteiger partial charge >= 0.3 is 0 Å². The van der Waals surface area contributed by atoms with Crippen molar-refractivity contribution in [2.24, 2.45) is 0 Å². The molecule has 0 atom stereocenters. The molecule has 2 aromatic rings. The summed E-state index contributed by atoms with van der Waals surface area (Å²) in [5.41, 5.74) is 0.689. The molecule has 0 saturated carbocycles. The highest BCUT2D eigenvalue weighted by Gasteiger charge is 2.15. The molecule has 0 spiro atoms. The van der Waals surface area contributed by atoms with E-state index in [1.54, 1.807) is 0 Å². The van der Waals surface area contributed by atoms with Gasteiger partial charge in [0.25, 0.3) is 0 Å². The summed E-state index contributed by atoms with van der Waals surface area (Å²) in [5.74, 6) is -1.08. The Bertz CT molecular complexity index is 541. The molecule has 0 saturated heterocycles. The maximum absolute atomic E-state index is 13.6. The molecule has 0 bridgehead atoms. The van der Waals surface area contributed by atoms with E-state index in [9.17, 15) is 8.78 Å². The lowest BCUT2D eigenvalue weighted by atomic mass is 10.2. The lowest BCUT2D eigenvalue weighted by Crippen LogP contribution is -2.24. The van der Waals surface area contributed by atoms with E-state index >= 15 is 0 Å². The lowest BCUT2D eigenvalue weighted by molar-refractivity contribution is 0.259. The van der Waals surface area contributed by atoms with Crippen LogP contribution in [0.15, 0.2) is 18.2 Å². The van der Waals surface area contributed by atoms with E-state index in [0.29, 0.717) is 23.1 Å². The maximum Gasteiger partial charge on any atom is 0.138 e. The highest BCUT2D eigenvalue weighted by atomic mass is 35.5. The van der Waals surface area contributed by atoms with E-state index in [4.69, 9.17) is 11.6 Å². The molecule has 19 heavy (non-hydrogen) atoms. The summed E-state index contributed by atoms with van der Waals surface area (Å²) < 4.78 is 31.4. The molecule has 102 valence electrons. The number of hydrogen-bond donors (Lipinski definition) is 0. The fraction of sp³-hybridized carbons (Fsp3) is 0.333. The van der Waals surface area contributed by atoms with Crippen molar-refractivity contribution in [3.05, 3.63) is 45.4 Å². The number of hydrogen-bond acceptors (Lipinski definition) is 4. The Hall–Kier alpha value is -1.11. The zero-order valence-electron chi connectivity index (χ0n) is 10.2. The molecule has 0 unspecified atom stereocenters. The van der Waals surface area contributed by atoms with Gasteiger partial charge in [-0.3, -0.25) is 4.90 Å². The van der Waals surface area contributed by atoms with Crippen LogP contribution in [0.1, 0.15) is 18.2 Å². The van der Waals surface area contributed by atoms with Gasteiger partial charge in [0, 0.05) is 30.2 Å². The van der Waals surface area contributed by atoms with Crippen LogP contribution >= 0.6 is 23.1 Å². The van der Waals surface area contributed by atoms with Crippen LogP contribution in [0.2, 0.25) is 4.34 Å². The van der Waals surface area contributed by atoms with Gasteiger partial charge in [0.2, 0.25) is 0 Å². The molecule has 0 aliphatic rings. The van der Waals surface area contributed by atoms with E-state index in [2.05, 4.69) is 9.59 Å². The summed E-state index contributed by atoms with van der Waals surface area (Å²) in [6.07, 6.45) is 0. The predicted molar refractivity (Wildman–Crippen MR) is 71.1 cm³/mol. The second-order valence-corrected chi connectivity index (χ2v) is 5.35. The Morgan fingerprint density at radius 3 is 2.47 bits per heavy atom. The standard InChI is InChI=1S/C12H12ClF2N3S/c1-2-18(7-11-12(13)19-17-16-11)6-8-9(14)4-3-5-10(8)15/h3-5H,2,6-7H2,1H3. The molecule has 1 aromatic carbocycles. The summed E-state index contributed by atoms with van der Waals surface area (Å²) in [4.78, 5) is 1.85.